The van der Waals surface area contributed by atoms with Crippen molar-refractivity contribution in [2.75, 3.05) is 12.4 Å². The fourth-order valence-electron chi connectivity index (χ4n) is 3.28. The van der Waals surface area contributed by atoms with E-state index in [1.54, 1.807) is 19.1 Å². The van der Waals surface area contributed by atoms with E-state index >= 15 is 0 Å². The molecule has 0 aliphatic heterocycles. The molecular weight excluding hydrogens is 314 g/mol. The third kappa shape index (κ3) is 3.90. The number of carbonyl (C=O) groups is 2. The second-order valence-corrected chi connectivity index (χ2v) is 6.42. The SMILES string of the molecule is COC(=O)c1ccc(C)c(NCc2c(C)cc(C)c(C(C)=O)c2C)c1. The van der Waals surface area contributed by atoms with Crippen molar-refractivity contribution in [2.24, 2.45) is 0 Å². The Balaban J connectivity index is 2.35. The molecule has 0 atom stereocenters. The van der Waals surface area contributed by atoms with E-state index in [1.807, 2.05) is 26.8 Å². The van der Waals surface area contributed by atoms with Gasteiger partial charge in [-0.1, -0.05) is 12.1 Å². The van der Waals surface area contributed by atoms with Crippen molar-refractivity contribution in [3.63, 3.8) is 0 Å². The Kier molecular flexibility index (Phi) is 5.62. The lowest BCUT2D eigenvalue weighted by molar-refractivity contribution is 0.0600. The summed E-state index contributed by atoms with van der Waals surface area (Å²) < 4.78 is 4.78. The average molecular weight is 339 g/mol. The predicted octanol–water partition coefficient (Wildman–Crippen LogP) is 4.52. The summed E-state index contributed by atoms with van der Waals surface area (Å²) in [6.07, 6.45) is 0. The van der Waals surface area contributed by atoms with Gasteiger partial charge in [0, 0.05) is 17.8 Å². The number of esters is 1. The Morgan fingerprint density at radius 1 is 1.00 bits per heavy atom. The number of aryl methyl sites for hydroxylation is 3. The number of ether oxygens (including phenoxy) is 1. The van der Waals surface area contributed by atoms with E-state index in [-0.39, 0.29) is 11.8 Å². The summed E-state index contributed by atoms with van der Waals surface area (Å²) in [5, 5.41) is 3.40. The van der Waals surface area contributed by atoms with Crippen LogP contribution >= 0.6 is 0 Å². The van der Waals surface area contributed by atoms with Gasteiger partial charge in [0.2, 0.25) is 0 Å². The first kappa shape index (κ1) is 18.7. The summed E-state index contributed by atoms with van der Waals surface area (Å²) in [7, 11) is 1.37. The molecule has 4 heteroatoms. The fraction of sp³-hybridized carbons (Fsp3) is 0.333. The number of hydrogen-bond donors (Lipinski definition) is 1. The van der Waals surface area contributed by atoms with Crippen LogP contribution in [0.15, 0.2) is 24.3 Å². The van der Waals surface area contributed by atoms with Crippen LogP contribution in [0.5, 0.6) is 0 Å². The van der Waals surface area contributed by atoms with Gasteiger partial charge in [0.15, 0.2) is 5.78 Å². The van der Waals surface area contributed by atoms with Crippen LogP contribution in [0.1, 0.15) is 55.5 Å². The Labute approximate surface area is 149 Å². The van der Waals surface area contributed by atoms with E-state index in [0.29, 0.717) is 12.1 Å². The van der Waals surface area contributed by atoms with Gasteiger partial charge in [-0.3, -0.25) is 4.79 Å². The summed E-state index contributed by atoms with van der Waals surface area (Å²) in [4.78, 5) is 23.7. The molecule has 0 aromatic heterocycles. The second-order valence-electron chi connectivity index (χ2n) is 6.42. The lowest BCUT2D eigenvalue weighted by Gasteiger charge is -2.18. The van der Waals surface area contributed by atoms with Crippen LogP contribution in [0.25, 0.3) is 0 Å². The molecule has 0 aliphatic rings. The highest BCUT2D eigenvalue weighted by Crippen LogP contribution is 2.25. The Morgan fingerprint density at radius 2 is 1.68 bits per heavy atom. The number of carbonyl (C=O) groups excluding carboxylic acids is 2. The third-order valence-electron chi connectivity index (χ3n) is 4.60. The van der Waals surface area contributed by atoms with Crippen molar-refractivity contribution >= 4 is 17.4 Å². The van der Waals surface area contributed by atoms with Gasteiger partial charge in [-0.25, -0.2) is 4.79 Å². The van der Waals surface area contributed by atoms with Gasteiger partial charge in [0.05, 0.1) is 12.7 Å². The van der Waals surface area contributed by atoms with Crippen molar-refractivity contribution in [3.05, 3.63) is 63.2 Å². The normalized spacial score (nSPS) is 10.5. The van der Waals surface area contributed by atoms with Crippen molar-refractivity contribution in [1.82, 2.24) is 0 Å². The molecule has 1 N–H and O–H groups in total. The third-order valence-corrected chi connectivity index (χ3v) is 4.60. The quantitative estimate of drug-likeness (QED) is 0.643. The maximum absolute atomic E-state index is 12.0. The van der Waals surface area contributed by atoms with E-state index in [9.17, 15) is 9.59 Å². The molecule has 2 rings (SSSR count). The van der Waals surface area contributed by atoms with E-state index in [1.165, 1.54) is 7.11 Å². The highest BCUT2D eigenvalue weighted by molar-refractivity contribution is 5.97. The fourth-order valence-corrected chi connectivity index (χ4v) is 3.28. The molecule has 132 valence electrons. The van der Waals surface area contributed by atoms with Crippen LogP contribution in [0.3, 0.4) is 0 Å². The molecule has 0 spiro atoms. The molecule has 0 saturated carbocycles. The smallest absolute Gasteiger partial charge is 0.337 e. The van der Waals surface area contributed by atoms with E-state index in [0.717, 1.165) is 39.1 Å². The zero-order valence-electron chi connectivity index (χ0n) is 15.7. The molecular formula is C21H25NO3. The number of anilines is 1. The molecule has 0 radical (unpaired) electrons. The van der Waals surface area contributed by atoms with Crippen LogP contribution in [-0.2, 0) is 11.3 Å². The van der Waals surface area contributed by atoms with Gasteiger partial charge < -0.3 is 10.1 Å². The zero-order chi connectivity index (χ0) is 18.7. The summed E-state index contributed by atoms with van der Waals surface area (Å²) in [5.74, 6) is -0.273. The first-order valence-electron chi connectivity index (χ1n) is 8.29. The van der Waals surface area contributed by atoms with Crippen molar-refractivity contribution < 1.29 is 14.3 Å². The number of rotatable bonds is 5. The molecule has 2 aromatic carbocycles. The van der Waals surface area contributed by atoms with Crippen molar-refractivity contribution in [2.45, 2.75) is 41.2 Å². The average Bonchev–Trinajstić information content (AvgIpc) is 2.54. The van der Waals surface area contributed by atoms with Gasteiger partial charge in [-0.15, -0.1) is 0 Å². The zero-order valence-corrected chi connectivity index (χ0v) is 15.7. The highest BCUT2D eigenvalue weighted by atomic mass is 16.5. The van der Waals surface area contributed by atoms with Gasteiger partial charge >= 0.3 is 5.97 Å². The molecule has 0 aliphatic carbocycles. The lowest BCUT2D eigenvalue weighted by atomic mass is 9.91. The van der Waals surface area contributed by atoms with Gasteiger partial charge in [-0.05, 0) is 74.6 Å². The van der Waals surface area contributed by atoms with Crippen molar-refractivity contribution in [3.8, 4) is 0 Å². The van der Waals surface area contributed by atoms with Gasteiger partial charge in [-0.2, -0.15) is 0 Å². The van der Waals surface area contributed by atoms with Crippen LogP contribution < -0.4 is 5.32 Å². The number of benzene rings is 2. The Morgan fingerprint density at radius 3 is 2.28 bits per heavy atom. The number of hydrogen-bond acceptors (Lipinski definition) is 4. The van der Waals surface area contributed by atoms with Gasteiger partial charge in [0.1, 0.15) is 0 Å². The summed E-state index contributed by atoms with van der Waals surface area (Å²) in [6, 6.07) is 7.50. The van der Waals surface area contributed by atoms with Crippen LogP contribution in [0.4, 0.5) is 5.69 Å². The van der Waals surface area contributed by atoms with Gasteiger partial charge in [0.25, 0.3) is 0 Å². The van der Waals surface area contributed by atoms with E-state index in [4.69, 9.17) is 4.74 Å². The van der Waals surface area contributed by atoms with Crippen LogP contribution in [0.2, 0.25) is 0 Å². The molecule has 0 fully saturated rings. The number of ketones is 1. The minimum Gasteiger partial charge on any atom is -0.465 e. The largest absolute Gasteiger partial charge is 0.465 e. The van der Waals surface area contributed by atoms with E-state index in [2.05, 4.69) is 18.3 Å². The molecule has 0 heterocycles. The number of nitrogens with one attached hydrogen (secondary N) is 1. The van der Waals surface area contributed by atoms with Crippen LogP contribution in [-0.4, -0.2) is 18.9 Å². The minimum atomic E-state index is -0.357. The molecule has 0 unspecified atom stereocenters. The topological polar surface area (TPSA) is 55.4 Å². The predicted molar refractivity (Wildman–Crippen MR) is 101 cm³/mol. The van der Waals surface area contributed by atoms with E-state index < -0.39 is 0 Å². The van der Waals surface area contributed by atoms with Crippen LogP contribution in [0, 0.1) is 27.7 Å². The lowest BCUT2D eigenvalue weighted by Crippen LogP contribution is -2.10. The summed E-state index contributed by atoms with van der Waals surface area (Å²) in [5.41, 5.74) is 7.51. The standard InChI is InChI=1S/C21H25NO3/c1-12-7-8-17(21(24)25-6)10-19(12)22-11-18-13(2)9-14(3)20(15(18)4)16(5)23/h7-10,22H,11H2,1-6H3. The first-order valence-corrected chi connectivity index (χ1v) is 8.29. The highest BCUT2D eigenvalue weighted by Gasteiger charge is 2.15. The Bertz CT molecular complexity index is 838. The minimum absolute atomic E-state index is 0.0834. The summed E-state index contributed by atoms with van der Waals surface area (Å²) >= 11 is 0. The number of methoxy groups -OCH3 is 1. The molecule has 2 aromatic rings. The Hall–Kier alpha value is -2.62. The molecule has 4 nitrogen and oxygen atoms in total. The molecule has 0 saturated heterocycles. The second kappa shape index (κ2) is 7.51. The molecule has 25 heavy (non-hydrogen) atoms. The first-order chi connectivity index (χ1) is 11.8. The maximum Gasteiger partial charge on any atom is 0.337 e. The summed E-state index contributed by atoms with van der Waals surface area (Å²) in [6.45, 7) is 10.2. The maximum atomic E-state index is 12.0. The van der Waals surface area contributed by atoms with Crippen molar-refractivity contribution in [1.29, 1.82) is 0 Å². The molecule has 0 amide bonds. The number of Topliss-reactive ketones (excluding diaryl/α,β-unsaturated/α-hetero) is 1. The monoisotopic (exact) mass is 339 g/mol. The molecule has 0 bridgehead atoms.